The van der Waals surface area contributed by atoms with Crippen LogP contribution in [-0.2, 0) is 16.3 Å². The minimum absolute atomic E-state index is 0.202. The van der Waals surface area contributed by atoms with Crippen molar-refractivity contribution in [3.8, 4) is 5.75 Å². The highest BCUT2D eigenvalue weighted by molar-refractivity contribution is 7.90. The number of thiophene rings is 1. The van der Waals surface area contributed by atoms with Crippen LogP contribution in [-0.4, -0.2) is 38.7 Å². The van der Waals surface area contributed by atoms with Crippen molar-refractivity contribution in [3.63, 3.8) is 0 Å². The van der Waals surface area contributed by atoms with Crippen LogP contribution >= 0.6 is 34.5 Å². The quantitative estimate of drug-likeness (QED) is 0.664. The maximum Gasteiger partial charge on any atom is 0.175 e. The summed E-state index contributed by atoms with van der Waals surface area (Å²) >= 11 is 14.3. The number of fused-ring (bicyclic) bond motifs is 1. The molecule has 0 saturated carbocycles. The molecule has 1 aromatic heterocycles. The lowest BCUT2D eigenvalue weighted by atomic mass is 9.87. The van der Waals surface area contributed by atoms with Crippen molar-refractivity contribution in [1.82, 2.24) is 4.90 Å². The van der Waals surface area contributed by atoms with Crippen LogP contribution in [0.3, 0.4) is 0 Å². The van der Waals surface area contributed by atoms with Crippen molar-refractivity contribution in [2.75, 3.05) is 19.3 Å². The third-order valence-electron chi connectivity index (χ3n) is 5.40. The molecule has 1 aromatic carbocycles. The van der Waals surface area contributed by atoms with E-state index in [0.29, 0.717) is 10.1 Å². The molecule has 0 bridgehead atoms. The van der Waals surface area contributed by atoms with E-state index in [0.717, 1.165) is 41.4 Å². The van der Waals surface area contributed by atoms with E-state index < -0.39 is 9.84 Å². The normalized spacial score (nSPS) is 23.4. The second-order valence-electron chi connectivity index (χ2n) is 7.17. The summed E-state index contributed by atoms with van der Waals surface area (Å²) in [4.78, 5) is 2.77. The van der Waals surface area contributed by atoms with Gasteiger partial charge in [-0.1, -0.05) is 23.2 Å². The summed E-state index contributed by atoms with van der Waals surface area (Å²) in [5, 5.41) is 0. The summed E-state index contributed by atoms with van der Waals surface area (Å²) < 4.78 is 31.2. The fraction of sp³-hybridized carbons (Fsp3) is 0.474. The van der Waals surface area contributed by atoms with Gasteiger partial charge in [0.2, 0.25) is 0 Å². The van der Waals surface area contributed by atoms with Gasteiger partial charge in [0.05, 0.1) is 15.3 Å². The van der Waals surface area contributed by atoms with Gasteiger partial charge in [0.25, 0.3) is 0 Å². The van der Waals surface area contributed by atoms with Crippen molar-refractivity contribution in [2.45, 2.75) is 42.7 Å². The molecular weight excluding hydrogens is 425 g/mol. The molecule has 1 saturated heterocycles. The van der Waals surface area contributed by atoms with Gasteiger partial charge in [-0.3, -0.25) is 4.90 Å². The highest BCUT2D eigenvalue weighted by Gasteiger charge is 2.39. The number of nitrogens with zero attached hydrogens (tertiary/aromatic N) is 1. The molecule has 2 unspecified atom stereocenters. The fourth-order valence-electron chi connectivity index (χ4n) is 4.07. The van der Waals surface area contributed by atoms with Crippen molar-refractivity contribution >= 4 is 44.4 Å². The van der Waals surface area contributed by atoms with Crippen molar-refractivity contribution in [1.29, 1.82) is 0 Å². The summed E-state index contributed by atoms with van der Waals surface area (Å²) in [7, 11) is -3.23. The van der Waals surface area contributed by atoms with E-state index >= 15 is 0 Å². The van der Waals surface area contributed by atoms with Crippen LogP contribution in [0.4, 0.5) is 0 Å². The first kappa shape index (κ1) is 19.5. The van der Waals surface area contributed by atoms with Gasteiger partial charge in [0, 0.05) is 11.8 Å². The van der Waals surface area contributed by atoms with Crippen molar-refractivity contribution in [3.05, 3.63) is 44.1 Å². The predicted molar refractivity (Wildman–Crippen MR) is 110 cm³/mol. The van der Waals surface area contributed by atoms with Crippen LogP contribution in [0.5, 0.6) is 5.75 Å². The van der Waals surface area contributed by atoms with Gasteiger partial charge in [-0.15, -0.1) is 11.3 Å². The highest BCUT2D eigenvalue weighted by Crippen LogP contribution is 2.48. The summed E-state index contributed by atoms with van der Waals surface area (Å²) in [6.07, 6.45) is 5.30. The van der Waals surface area contributed by atoms with E-state index in [2.05, 4.69) is 4.90 Å². The zero-order chi connectivity index (χ0) is 19.2. The number of hydrogen-bond acceptors (Lipinski definition) is 5. The third kappa shape index (κ3) is 3.87. The summed E-state index contributed by atoms with van der Waals surface area (Å²) in [6.45, 7) is 2.14. The molecule has 2 atom stereocenters. The molecule has 146 valence electrons. The summed E-state index contributed by atoms with van der Waals surface area (Å²) in [5.41, 5.74) is 2.10. The van der Waals surface area contributed by atoms with E-state index in [9.17, 15) is 8.42 Å². The van der Waals surface area contributed by atoms with E-state index in [1.807, 2.05) is 0 Å². The van der Waals surface area contributed by atoms with Crippen molar-refractivity contribution in [2.24, 2.45) is 0 Å². The Hall–Kier alpha value is -0.790. The van der Waals surface area contributed by atoms with Gasteiger partial charge in [-0.2, -0.15) is 0 Å². The Kier molecular flexibility index (Phi) is 5.47. The fourth-order valence-corrected chi connectivity index (χ4v) is 6.54. The Morgan fingerprint density at radius 3 is 2.41 bits per heavy atom. The first-order valence-corrected chi connectivity index (χ1v) is 12.5. The van der Waals surface area contributed by atoms with Gasteiger partial charge in [-0.05, 0) is 68.6 Å². The molecule has 0 spiro atoms. The van der Waals surface area contributed by atoms with E-state index in [1.54, 1.807) is 24.3 Å². The zero-order valence-electron chi connectivity index (χ0n) is 15.0. The smallest absolute Gasteiger partial charge is 0.175 e. The van der Waals surface area contributed by atoms with Crippen LogP contribution in [0.2, 0.25) is 8.67 Å². The second-order valence-corrected chi connectivity index (χ2v) is 11.4. The maximum absolute atomic E-state index is 11.7. The van der Waals surface area contributed by atoms with Crippen LogP contribution in [0.1, 0.15) is 36.5 Å². The zero-order valence-corrected chi connectivity index (χ0v) is 18.1. The van der Waals surface area contributed by atoms with Crippen LogP contribution < -0.4 is 4.74 Å². The molecule has 4 rings (SSSR count). The van der Waals surface area contributed by atoms with Gasteiger partial charge >= 0.3 is 0 Å². The first-order chi connectivity index (χ1) is 12.8. The molecule has 1 aliphatic carbocycles. The van der Waals surface area contributed by atoms with Crippen LogP contribution in [0.25, 0.3) is 0 Å². The number of halogens is 2. The highest BCUT2D eigenvalue weighted by atomic mass is 35.5. The molecule has 2 aromatic rings. The SMILES string of the molecule is CS(=O)(=O)c1ccc(OC2c3c(Cl)sc(Cl)c3CCC2N2CCCC2)cc1. The molecule has 8 heteroatoms. The Bertz CT molecular complexity index is 935. The Morgan fingerprint density at radius 2 is 1.78 bits per heavy atom. The molecule has 1 aliphatic heterocycles. The number of ether oxygens (including phenoxy) is 1. The van der Waals surface area contributed by atoms with Crippen molar-refractivity contribution < 1.29 is 13.2 Å². The maximum atomic E-state index is 11.7. The topological polar surface area (TPSA) is 46.6 Å². The molecule has 2 aliphatic rings. The average Bonchev–Trinajstić information content (AvgIpc) is 3.24. The molecular formula is C19H21Cl2NO3S2. The Morgan fingerprint density at radius 1 is 1.11 bits per heavy atom. The van der Waals surface area contributed by atoms with E-state index in [-0.39, 0.29) is 17.0 Å². The molecule has 27 heavy (non-hydrogen) atoms. The van der Waals surface area contributed by atoms with Crippen LogP contribution in [0.15, 0.2) is 29.2 Å². The first-order valence-electron chi connectivity index (χ1n) is 9.02. The standard InChI is InChI=1S/C19H21Cl2NO3S2/c1-27(23,24)13-6-4-12(5-7-13)25-17-15(22-10-2-3-11-22)9-8-14-16(17)19(21)26-18(14)20/h4-7,15,17H,2-3,8-11H2,1H3. The number of rotatable bonds is 4. The van der Waals surface area contributed by atoms with E-state index in [4.69, 9.17) is 27.9 Å². The number of likely N-dealkylation sites (tertiary alicyclic amines) is 1. The molecule has 1 fully saturated rings. The molecule has 0 radical (unpaired) electrons. The second kappa shape index (κ2) is 7.56. The largest absolute Gasteiger partial charge is 0.484 e. The third-order valence-corrected chi connectivity index (χ3v) is 8.25. The van der Waals surface area contributed by atoms with Gasteiger partial charge in [0.1, 0.15) is 16.2 Å². The summed E-state index contributed by atoms with van der Waals surface area (Å²) in [6, 6.07) is 6.85. The molecule has 2 heterocycles. The summed E-state index contributed by atoms with van der Waals surface area (Å²) in [5.74, 6) is 0.642. The Balaban J connectivity index is 1.68. The van der Waals surface area contributed by atoms with Gasteiger partial charge in [0.15, 0.2) is 9.84 Å². The average molecular weight is 446 g/mol. The number of hydrogen-bond donors (Lipinski definition) is 0. The molecule has 0 N–H and O–H groups in total. The lowest BCUT2D eigenvalue weighted by Crippen LogP contribution is -2.42. The lowest BCUT2D eigenvalue weighted by molar-refractivity contribution is 0.0677. The minimum atomic E-state index is -3.23. The minimum Gasteiger partial charge on any atom is -0.484 e. The molecule has 0 amide bonds. The van der Waals surface area contributed by atoms with E-state index in [1.165, 1.54) is 30.4 Å². The number of sulfone groups is 1. The Labute approximate surface area is 174 Å². The van der Waals surface area contributed by atoms with Gasteiger partial charge in [-0.25, -0.2) is 8.42 Å². The molecule has 4 nitrogen and oxygen atoms in total. The number of benzene rings is 1. The monoisotopic (exact) mass is 445 g/mol. The lowest BCUT2D eigenvalue weighted by Gasteiger charge is -2.38. The van der Waals surface area contributed by atoms with Crippen LogP contribution in [0, 0.1) is 0 Å². The predicted octanol–water partition coefficient (Wildman–Crippen LogP) is 4.99. The van der Waals surface area contributed by atoms with Gasteiger partial charge < -0.3 is 4.74 Å².